The number of ether oxygens (including phenoxy) is 1. The molecule has 0 spiro atoms. The number of rotatable bonds is 5. The van der Waals surface area contributed by atoms with E-state index in [1.165, 1.54) is 11.6 Å². The number of hydroxylamine groups is 1. The molecule has 0 saturated heterocycles. The largest absolute Gasteiger partial charge is 0.457 e. The van der Waals surface area contributed by atoms with E-state index in [2.05, 4.69) is 5.32 Å². The Hall–Kier alpha value is -2.79. The molecule has 0 fully saturated rings. The van der Waals surface area contributed by atoms with E-state index in [0.29, 0.717) is 5.75 Å². The van der Waals surface area contributed by atoms with Gasteiger partial charge in [0, 0.05) is 18.8 Å². The lowest BCUT2D eigenvalue weighted by Crippen LogP contribution is -2.14. The number of hydrogen-bond acceptors (Lipinski definition) is 4. The minimum atomic E-state index is -0.580. The van der Waals surface area contributed by atoms with Crippen LogP contribution in [-0.2, 0) is 4.79 Å². The predicted octanol–water partition coefficient (Wildman–Crippen LogP) is 3.04. The first-order valence-corrected chi connectivity index (χ1v) is 6.39. The highest BCUT2D eigenvalue weighted by Gasteiger charge is 1.99. The second-order valence-corrected chi connectivity index (χ2v) is 4.26. The van der Waals surface area contributed by atoms with Gasteiger partial charge in [0.15, 0.2) is 0 Å². The van der Waals surface area contributed by atoms with Crippen molar-refractivity contribution in [1.82, 2.24) is 5.48 Å². The van der Waals surface area contributed by atoms with E-state index in [0.717, 1.165) is 17.0 Å². The average Bonchev–Trinajstić information content (AvgIpc) is 2.53. The van der Waals surface area contributed by atoms with Gasteiger partial charge in [-0.1, -0.05) is 12.1 Å². The fourth-order valence-electron chi connectivity index (χ4n) is 1.72. The fourth-order valence-corrected chi connectivity index (χ4v) is 1.72. The van der Waals surface area contributed by atoms with Gasteiger partial charge >= 0.3 is 0 Å². The second-order valence-electron chi connectivity index (χ2n) is 4.26. The van der Waals surface area contributed by atoms with Crippen molar-refractivity contribution >= 4 is 17.7 Å². The number of carbonyl (C=O) groups is 1. The Morgan fingerprint density at radius 1 is 1.14 bits per heavy atom. The van der Waals surface area contributed by atoms with Crippen LogP contribution in [0.25, 0.3) is 6.08 Å². The number of benzene rings is 2. The van der Waals surface area contributed by atoms with Gasteiger partial charge in [-0.15, -0.1) is 0 Å². The summed E-state index contributed by atoms with van der Waals surface area (Å²) < 4.78 is 5.74. The van der Waals surface area contributed by atoms with Gasteiger partial charge in [0.25, 0.3) is 5.91 Å². The van der Waals surface area contributed by atoms with E-state index < -0.39 is 5.91 Å². The highest BCUT2D eigenvalue weighted by Crippen LogP contribution is 2.24. The summed E-state index contributed by atoms with van der Waals surface area (Å²) in [6.45, 7) is 0. The van der Waals surface area contributed by atoms with E-state index in [1.807, 2.05) is 49.5 Å². The molecule has 0 atom stereocenters. The molecule has 2 rings (SSSR count). The van der Waals surface area contributed by atoms with E-state index in [-0.39, 0.29) is 0 Å². The van der Waals surface area contributed by atoms with Crippen LogP contribution in [0.15, 0.2) is 54.6 Å². The zero-order valence-electron chi connectivity index (χ0n) is 11.5. The zero-order chi connectivity index (χ0) is 15.1. The number of carbonyl (C=O) groups excluding carboxylic acids is 1. The maximum Gasteiger partial charge on any atom is 0.267 e. The molecule has 0 heterocycles. The van der Waals surface area contributed by atoms with Crippen LogP contribution in [0, 0.1) is 0 Å². The van der Waals surface area contributed by atoms with Gasteiger partial charge in [-0.05, 0) is 48.0 Å². The number of amides is 1. The molecule has 3 N–H and O–H groups in total. The third-order valence-electron chi connectivity index (χ3n) is 2.77. The van der Waals surface area contributed by atoms with Crippen molar-refractivity contribution in [3.8, 4) is 11.5 Å². The summed E-state index contributed by atoms with van der Waals surface area (Å²) in [6, 6.07) is 14.9. The van der Waals surface area contributed by atoms with E-state index in [1.54, 1.807) is 12.1 Å². The minimum absolute atomic E-state index is 0.580. The number of anilines is 1. The van der Waals surface area contributed by atoms with Crippen LogP contribution in [0.1, 0.15) is 5.56 Å². The molecular weight excluding hydrogens is 268 g/mol. The SMILES string of the molecule is CNc1ccc(Oc2cccc(/C=C/C(=O)NO)c2)cc1. The molecule has 0 aromatic heterocycles. The molecule has 1 amide bonds. The normalized spacial score (nSPS) is 10.4. The molecule has 0 bridgehead atoms. The molecule has 0 aliphatic carbocycles. The maximum absolute atomic E-state index is 10.9. The maximum atomic E-state index is 10.9. The Balaban J connectivity index is 2.09. The van der Waals surface area contributed by atoms with Gasteiger partial charge in [0.1, 0.15) is 11.5 Å². The molecule has 108 valence electrons. The Labute approximate surface area is 122 Å². The highest BCUT2D eigenvalue weighted by atomic mass is 16.5. The van der Waals surface area contributed by atoms with Crippen LogP contribution in [0.4, 0.5) is 5.69 Å². The van der Waals surface area contributed by atoms with Crippen molar-refractivity contribution in [2.75, 3.05) is 12.4 Å². The summed E-state index contributed by atoms with van der Waals surface area (Å²) in [5, 5.41) is 11.5. The lowest BCUT2D eigenvalue weighted by atomic mass is 10.2. The summed E-state index contributed by atoms with van der Waals surface area (Å²) in [6.07, 6.45) is 2.82. The summed E-state index contributed by atoms with van der Waals surface area (Å²) in [5.74, 6) is 0.811. The monoisotopic (exact) mass is 284 g/mol. The molecule has 21 heavy (non-hydrogen) atoms. The molecule has 0 unspecified atom stereocenters. The van der Waals surface area contributed by atoms with Crippen molar-refractivity contribution in [3.63, 3.8) is 0 Å². The smallest absolute Gasteiger partial charge is 0.267 e. The Bertz CT molecular complexity index is 636. The van der Waals surface area contributed by atoms with Crippen LogP contribution in [0.3, 0.4) is 0 Å². The quantitative estimate of drug-likeness (QED) is 0.448. The first-order chi connectivity index (χ1) is 10.2. The van der Waals surface area contributed by atoms with Gasteiger partial charge in [0.2, 0.25) is 0 Å². The summed E-state index contributed by atoms with van der Waals surface area (Å²) in [5.41, 5.74) is 3.34. The standard InChI is InChI=1S/C16H16N2O3/c1-17-13-6-8-14(9-7-13)21-15-4-2-3-12(11-15)5-10-16(19)18-20/h2-11,17,20H,1H3,(H,18,19)/b10-5+. The molecule has 5 heteroatoms. The van der Waals surface area contributed by atoms with E-state index >= 15 is 0 Å². The molecular formula is C16H16N2O3. The Morgan fingerprint density at radius 3 is 2.57 bits per heavy atom. The second kappa shape index (κ2) is 7.12. The first kappa shape index (κ1) is 14.6. The van der Waals surface area contributed by atoms with E-state index in [9.17, 15) is 4.79 Å². The molecule has 2 aromatic carbocycles. The van der Waals surface area contributed by atoms with Crippen molar-refractivity contribution < 1.29 is 14.7 Å². The van der Waals surface area contributed by atoms with Crippen molar-refractivity contribution in [2.24, 2.45) is 0 Å². The lowest BCUT2D eigenvalue weighted by Gasteiger charge is -2.07. The molecule has 2 aromatic rings. The summed E-state index contributed by atoms with van der Waals surface area (Å²) >= 11 is 0. The topological polar surface area (TPSA) is 70.6 Å². The van der Waals surface area contributed by atoms with Crippen LogP contribution in [0.2, 0.25) is 0 Å². The molecule has 0 radical (unpaired) electrons. The van der Waals surface area contributed by atoms with Crippen molar-refractivity contribution in [1.29, 1.82) is 0 Å². The Morgan fingerprint density at radius 2 is 1.90 bits per heavy atom. The van der Waals surface area contributed by atoms with Crippen LogP contribution >= 0.6 is 0 Å². The zero-order valence-corrected chi connectivity index (χ0v) is 11.5. The molecule has 5 nitrogen and oxygen atoms in total. The van der Waals surface area contributed by atoms with Crippen LogP contribution in [0.5, 0.6) is 11.5 Å². The highest BCUT2D eigenvalue weighted by molar-refractivity contribution is 5.90. The average molecular weight is 284 g/mol. The predicted molar refractivity (Wildman–Crippen MR) is 81.5 cm³/mol. The minimum Gasteiger partial charge on any atom is -0.457 e. The summed E-state index contributed by atoms with van der Waals surface area (Å²) in [7, 11) is 1.86. The van der Waals surface area contributed by atoms with Crippen LogP contribution < -0.4 is 15.5 Å². The fraction of sp³-hybridized carbons (Fsp3) is 0.0625. The van der Waals surface area contributed by atoms with Crippen LogP contribution in [-0.4, -0.2) is 18.2 Å². The third kappa shape index (κ3) is 4.36. The van der Waals surface area contributed by atoms with Gasteiger partial charge in [-0.3, -0.25) is 10.0 Å². The van der Waals surface area contributed by atoms with Gasteiger partial charge < -0.3 is 10.1 Å². The van der Waals surface area contributed by atoms with Gasteiger partial charge in [0.05, 0.1) is 0 Å². The summed E-state index contributed by atoms with van der Waals surface area (Å²) in [4.78, 5) is 10.9. The van der Waals surface area contributed by atoms with Crippen molar-refractivity contribution in [3.05, 3.63) is 60.2 Å². The van der Waals surface area contributed by atoms with E-state index in [4.69, 9.17) is 9.94 Å². The third-order valence-corrected chi connectivity index (χ3v) is 2.77. The molecule has 0 saturated carbocycles. The van der Waals surface area contributed by atoms with Gasteiger partial charge in [-0.2, -0.15) is 0 Å². The van der Waals surface area contributed by atoms with Gasteiger partial charge in [-0.25, -0.2) is 5.48 Å². The number of nitrogens with one attached hydrogen (secondary N) is 2. The first-order valence-electron chi connectivity index (χ1n) is 6.39. The van der Waals surface area contributed by atoms with Crippen molar-refractivity contribution in [2.45, 2.75) is 0 Å². The number of hydrogen-bond donors (Lipinski definition) is 3. The molecule has 0 aliphatic rings. The Kier molecular flexibility index (Phi) is 4.95. The molecule has 0 aliphatic heterocycles. The lowest BCUT2D eigenvalue weighted by molar-refractivity contribution is -0.124.